The van der Waals surface area contributed by atoms with Crippen LogP contribution in [0.4, 0.5) is 11.5 Å². The lowest BCUT2D eigenvalue weighted by atomic mass is 10.0. The van der Waals surface area contributed by atoms with Crippen molar-refractivity contribution in [2.24, 2.45) is 12.8 Å². The third kappa shape index (κ3) is 3.70. The van der Waals surface area contributed by atoms with Crippen LogP contribution < -0.4 is 20.5 Å². The topological polar surface area (TPSA) is 91.4 Å². The highest BCUT2D eigenvalue weighted by Gasteiger charge is 2.28. The molecule has 0 saturated heterocycles. The molecule has 0 atom stereocenters. The summed E-state index contributed by atoms with van der Waals surface area (Å²) in [7, 11) is 1.93. The molecule has 4 rings (SSSR count). The molecule has 7 heteroatoms. The molecular formula is C23H26N4O3. The molecule has 0 bridgehead atoms. The lowest BCUT2D eigenvalue weighted by Gasteiger charge is -2.13. The zero-order valence-electron chi connectivity index (χ0n) is 17.5. The number of fused-ring (bicyclic) bond motifs is 3. The summed E-state index contributed by atoms with van der Waals surface area (Å²) in [5, 5.41) is 8.12. The molecule has 3 aromatic rings. The first-order valence-electron chi connectivity index (χ1n) is 10.1. The van der Waals surface area contributed by atoms with E-state index in [9.17, 15) is 4.79 Å². The Kier molecular flexibility index (Phi) is 5.35. The number of carbonyl (C=O) groups excluding carboxylic acids is 1. The van der Waals surface area contributed by atoms with Crippen LogP contribution in [0.1, 0.15) is 30.5 Å². The molecule has 1 aromatic heterocycles. The normalized spacial score (nSPS) is 11.7. The van der Waals surface area contributed by atoms with Crippen LogP contribution in [0.25, 0.3) is 11.3 Å². The van der Waals surface area contributed by atoms with Gasteiger partial charge in [-0.25, -0.2) is 0 Å². The highest BCUT2D eigenvalue weighted by atomic mass is 16.5. The van der Waals surface area contributed by atoms with Crippen LogP contribution >= 0.6 is 0 Å². The van der Waals surface area contributed by atoms with Crippen LogP contribution in [0.5, 0.6) is 11.5 Å². The Balaban J connectivity index is 1.70. The largest absolute Gasteiger partial charge is 0.494 e. The average molecular weight is 406 g/mol. The number of hydrogen-bond donors (Lipinski definition) is 2. The third-order valence-corrected chi connectivity index (χ3v) is 5.13. The molecule has 1 amide bonds. The van der Waals surface area contributed by atoms with E-state index in [1.165, 1.54) is 0 Å². The van der Waals surface area contributed by atoms with Gasteiger partial charge in [-0.05, 0) is 43.7 Å². The van der Waals surface area contributed by atoms with Gasteiger partial charge in [-0.1, -0.05) is 6.07 Å². The fourth-order valence-electron chi connectivity index (χ4n) is 3.98. The molecule has 0 spiro atoms. The quantitative estimate of drug-likeness (QED) is 0.467. The SMILES string of the molecule is CCOc1cccc(Nc2nn(C)c3c2Cc2cc(OCC)c(CC(N)=O)cc2-3)c1. The first-order valence-corrected chi connectivity index (χ1v) is 10.1. The van der Waals surface area contributed by atoms with Gasteiger partial charge in [0.2, 0.25) is 5.91 Å². The van der Waals surface area contributed by atoms with Gasteiger partial charge in [0.15, 0.2) is 5.82 Å². The molecule has 0 fully saturated rings. The Morgan fingerprint density at radius 3 is 2.73 bits per heavy atom. The molecule has 3 N–H and O–H groups in total. The lowest BCUT2D eigenvalue weighted by Crippen LogP contribution is -2.14. The fraction of sp³-hybridized carbons (Fsp3) is 0.304. The zero-order chi connectivity index (χ0) is 21.3. The summed E-state index contributed by atoms with van der Waals surface area (Å²) in [6, 6.07) is 11.9. The molecule has 30 heavy (non-hydrogen) atoms. The van der Waals surface area contributed by atoms with Crippen LogP contribution in [0, 0.1) is 0 Å². The number of hydrogen-bond acceptors (Lipinski definition) is 5. The zero-order valence-corrected chi connectivity index (χ0v) is 17.5. The number of amides is 1. The number of nitrogens with one attached hydrogen (secondary N) is 1. The molecule has 0 unspecified atom stereocenters. The van der Waals surface area contributed by atoms with Crippen LogP contribution in [0.15, 0.2) is 36.4 Å². The number of nitrogens with two attached hydrogens (primary N) is 1. The number of rotatable bonds is 8. The van der Waals surface area contributed by atoms with Crippen molar-refractivity contribution in [3.8, 4) is 22.8 Å². The minimum absolute atomic E-state index is 0.144. The molecule has 1 aliphatic carbocycles. The van der Waals surface area contributed by atoms with Gasteiger partial charge in [0.1, 0.15) is 11.5 Å². The second-order valence-electron chi connectivity index (χ2n) is 7.26. The van der Waals surface area contributed by atoms with Gasteiger partial charge in [0, 0.05) is 41.9 Å². The maximum Gasteiger partial charge on any atom is 0.221 e. The van der Waals surface area contributed by atoms with E-state index in [0.29, 0.717) is 13.2 Å². The molecule has 0 saturated carbocycles. The summed E-state index contributed by atoms with van der Waals surface area (Å²) < 4.78 is 13.2. The van der Waals surface area contributed by atoms with E-state index < -0.39 is 0 Å². The van der Waals surface area contributed by atoms with Crippen molar-refractivity contribution in [1.82, 2.24) is 9.78 Å². The number of anilines is 2. The van der Waals surface area contributed by atoms with Crippen LogP contribution in [-0.2, 0) is 24.7 Å². The predicted octanol–water partition coefficient (Wildman–Crippen LogP) is 3.56. The summed E-state index contributed by atoms with van der Waals surface area (Å²) in [4.78, 5) is 11.5. The number of aryl methyl sites for hydroxylation is 1. The molecule has 156 valence electrons. The number of aromatic nitrogens is 2. The Bertz CT molecular complexity index is 1100. The smallest absolute Gasteiger partial charge is 0.221 e. The lowest BCUT2D eigenvalue weighted by molar-refractivity contribution is -0.117. The number of primary amides is 1. The molecule has 2 aromatic carbocycles. The van der Waals surface area contributed by atoms with E-state index in [1.54, 1.807) is 0 Å². The standard InChI is InChI=1S/C23H26N4O3/c1-4-29-17-8-6-7-16(13-17)25-23-19-9-14-11-20(30-5-2)15(12-21(24)28)10-18(14)22(19)27(3)26-23/h6-8,10-11,13H,4-5,9,12H2,1-3H3,(H2,24,28)(H,25,26). The molecule has 0 radical (unpaired) electrons. The highest BCUT2D eigenvalue weighted by molar-refractivity contribution is 5.83. The van der Waals surface area contributed by atoms with Gasteiger partial charge in [-0.3, -0.25) is 9.48 Å². The van der Waals surface area contributed by atoms with Crippen molar-refractivity contribution >= 4 is 17.4 Å². The average Bonchev–Trinajstić information content (AvgIpc) is 3.20. The van der Waals surface area contributed by atoms with Gasteiger partial charge >= 0.3 is 0 Å². The second kappa shape index (κ2) is 8.10. The third-order valence-electron chi connectivity index (χ3n) is 5.13. The van der Waals surface area contributed by atoms with Gasteiger partial charge in [0.25, 0.3) is 0 Å². The van der Waals surface area contributed by atoms with E-state index in [2.05, 4.69) is 5.32 Å². The Hall–Kier alpha value is -3.48. The van der Waals surface area contributed by atoms with Gasteiger partial charge in [-0.2, -0.15) is 5.10 Å². The molecule has 1 aliphatic rings. The molecular weight excluding hydrogens is 380 g/mol. The van der Waals surface area contributed by atoms with E-state index >= 15 is 0 Å². The molecule has 1 heterocycles. The highest BCUT2D eigenvalue weighted by Crippen LogP contribution is 2.43. The minimum atomic E-state index is -0.379. The summed E-state index contributed by atoms with van der Waals surface area (Å²) in [5.41, 5.74) is 11.6. The van der Waals surface area contributed by atoms with Crippen LogP contribution in [0.2, 0.25) is 0 Å². The summed E-state index contributed by atoms with van der Waals surface area (Å²) >= 11 is 0. The van der Waals surface area contributed by atoms with E-state index in [4.69, 9.17) is 20.3 Å². The predicted molar refractivity (Wildman–Crippen MR) is 116 cm³/mol. The maximum absolute atomic E-state index is 11.5. The van der Waals surface area contributed by atoms with Crippen molar-refractivity contribution in [2.45, 2.75) is 26.7 Å². The Morgan fingerprint density at radius 2 is 2.00 bits per heavy atom. The first-order chi connectivity index (χ1) is 14.5. The first kappa shape index (κ1) is 19.8. The fourth-order valence-corrected chi connectivity index (χ4v) is 3.98. The van der Waals surface area contributed by atoms with E-state index in [1.807, 2.05) is 62.0 Å². The summed E-state index contributed by atoms with van der Waals surface area (Å²) in [5.74, 6) is 1.97. The summed E-state index contributed by atoms with van der Waals surface area (Å²) in [6.45, 7) is 5.04. The molecule has 7 nitrogen and oxygen atoms in total. The van der Waals surface area contributed by atoms with E-state index in [-0.39, 0.29) is 12.3 Å². The second-order valence-corrected chi connectivity index (χ2v) is 7.26. The minimum Gasteiger partial charge on any atom is -0.494 e. The number of ether oxygens (including phenoxy) is 2. The van der Waals surface area contributed by atoms with Gasteiger partial charge in [-0.15, -0.1) is 0 Å². The van der Waals surface area contributed by atoms with E-state index in [0.717, 1.165) is 57.4 Å². The van der Waals surface area contributed by atoms with Crippen molar-refractivity contribution in [2.75, 3.05) is 18.5 Å². The van der Waals surface area contributed by atoms with Crippen molar-refractivity contribution < 1.29 is 14.3 Å². The van der Waals surface area contributed by atoms with Crippen molar-refractivity contribution in [1.29, 1.82) is 0 Å². The van der Waals surface area contributed by atoms with Crippen molar-refractivity contribution in [3.05, 3.63) is 53.1 Å². The van der Waals surface area contributed by atoms with Crippen LogP contribution in [-0.4, -0.2) is 28.9 Å². The number of benzene rings is 2. The summed E-state index contributed by atoms with van der Waals surface area (Å²) in [6.07, 6.45) is 0.883. The van der Waals surface area contributed by atoms with Crippen molar-refractivity contribution in [3.63, 3.8) is 0 Å². The van der Waals surface area contributed by atoms with Gasteiger partial charge < -0.3 is 20.5 Å². The number of carbonyl (C=O) groups is 1. The van der Waals surface area contributed by atoms with Gasteiger partial charge in [0.05, 0.1) is 25.3 Å². The Labute approximate surface area is 175 Å². The maximum atomic E-state index is 11.5. The number of nitrogens with zero attached hydrogens (tertiary/aromatic N) is 2. The molecule has 0 aliphatic heterocycles. The monoisotopic (exact) mass is 406 g/mol. The Morgan fingerprint density at radius 1 is 1.20 bits per heavy atom. The van der Waals surface area contributed by atoms with Crippen LogP contribution in [0.3, 0.4) is 0 Å².